The van der Waals surface area contributed by atoms with E-state index in [9.17, 15) is 4.79 Å². The molecule has 0 N–H and O–H groups in total. The average Bonchev–Trinajstić information content (AvgIpc) is 1.98. The maximum absolute atomic E-state index is 10.1. The molecule has 76 valence electrons. The van der Waals surface area contributed by atoms with Gasteiger partial charge >= 0.3 is 0 Å². The molecular weight excluding hydrogens is 225 g/mol. The third-order valence-electron chi connectivity index (χ3n) is 1.72. The molecule has 0 bridgehead atoms. The molecule has 0 aromatic rings. The summed E-state index contributed by atoms with van der Waals surface area (Å²) in [6, 6.07) is 0.620. The zero-order valence-corrected chi connectivity index (χ0v) is 10.5. The summed E-state index contributed by atoms with van der Waals surface area (Å²) in [5.41, 5.74) is 0. The smallest absolute Gasteiger partial charge is 0.211 e. The highest BCUT2D eigenvalue weighted by Gasteiger charge is 2.25. The number of aliphatic imine (C=N–C) groups is 1. The Labute approximate surface area is 89.7 Å². The zero-order chi connectivity index (χ0) is 10.3. The molecule has 0 radical (unpaired) electrons. The first kappa shape index (κ1) is 13.2. The number of carbonyl (C=O) groups excluding carboxylic acids is 1. The lowest BCUT2D eigenvalue weighted by Gasteiger charge is -2.15. The van der Waals surface area contributed by atoms with Gasteiger partial charge in [-0.3, -0.25) is 0 Å². The maximum atomic E-state index is 10.1. The van der Waals surface area contributed by atoms with Gasteiger partial charge in [0.15, 0.2) is 0 Å². The van der Waals surface area contributed by atoms with Crippen molar-refractivity contribution in [3.8, 4) is 0 Å². The van der Waals surface area contributed by atoms with Crippen molar-refractivity contribution in [2.24, 2.45) is 4.99 Å². The molecule has 5 heteroatoms. The highest BCUT2D eigenvalue weighted by molar-refractivity contribution is 7.44. The van der Waals surface area contributed by atoms with Crippen LogP contribution >= 0.6 is 22.2 Å². The summed E-state index contributed by atoms with van der Waals surface area (Å²) in [7, 11) is 0. The molecule has 0 saturated carbocycles. The minimum Gasteiger partial charge on any atom is -0.211 e. The first-order chi connectivity index (χ1) is 5.99. The molecule has 0 rings (SSSR count). The topological polar surface area (TPSA) is 29.4 Å². The average molecular weight is 240 g/mol. The molecule has 0 aliphatic carbocycles. The van der Waals surface area contributed by atoms with E-state index in [-0.39, 0.29) is 6.04 Å². The van der Waals surface area contributed by atoms with Crippen molar-refractivity contribution >= 4 is 34.9 Å². The van der Waals surface area contributed by atoms with Crippen LogP contribution in [-0.2, 0) is 4.79 Å². The summed E-state index contributed by atoms with van der Waals surface area (Å²) in [5.74, 6) is 0. The van der Waals surface area contributed by atoms with Gasteiger partial charge in [0.2, 0.25) is 6.08 Å². The number of hydrogen-bond donors (Lipinski definition) is 0. The number of nitrogens with zero attached hydrogens (tertiary/aromatic N) is 1. The molecule has 1 unspecified atom stereocenters. The number of rotatable bonds is 6. The van der Waals surface area contributed by atoms with Gasteiger partial charge in [-0.1, -0.05) is 19.8 Å². The van der Waals surface area contributed by atoms with Gasteiger partial charge in [0.1, 0.15) is 0 Å². The van der Waals surface area contributed by atoms with Crippen LogP contribution in [0.1, 0.15) is 26.2 Å². The molecule has 0 amide bonds. The standard InChI is InChI=1S/C8H15Cl2NOSi/c1-3-4-5-8(11-7-12)6-13(2,9)10/h8H,3-6H2,1-2H3. The summed E-state index contributed by atoms with van der Waals surface area (Å²) in [5, 5.41) is 0. The van der Waals surface area contributed by atoms with Crippen molar-refractivity contribution in [3.05, 3.63) is 0 Å². The summed E-state index contributed by atoms with van der Waals surface area (Å²) >= 11 is 11.9. The Morgan fingerprint density at radius 2 is 2.15 bits per heavy atom. The van der Waals surface area contributed by atoms with E-state index in [2.05, 4.69) is 11.9 Å². The third kappa shape index (κ3) is 8.51. The van der Waals surface area contributed by atoms with Crippen molar-refractivity contribution in [2.75, 3.05) is 0 Å². The van der Waals surface area contributed by atoms with Crippen molar-refractivity contribution < 1.29 is 4.79 Å². The minimum absolute atomic E-state index is 0.0240. The molecule has 0 aromatic heterocycles. The van der Waals surface area contributed by atoms with E-state index in [1.54, 1.807) is 6.08 Å². The van der Waals surface area contributed by atoms with Gasteiger partial charge in [-0.15, -0.1) is 22.2 Å². The van der Waals surface area contributed by atoms with Gasteiger partial charge in [-0.2, -0.15) is 0 Å². The van der Waals surface area contributed by atoms with Crippen LogP contribution in [0.25, 0.3) is 0 Å². The summed E-state index contributed by atoms with van der Waals surface area (Å²) in [6.07, 6.45) is 4.60. The largest absolute Gasteiger partial charge is 0.250 e. The molecular formula is C8H15Cl2NOSi. The Balaban J connectivity index is 4.02. The Hall–Kier alpha value is 0.177. The monoisotopic (exact) mass is 239 g/mol. The highest BCUT2D eigenvalue weighted by Crippen LogP contribution is 2.25. The second kappa shape index (κ2) is 6.60. The van der Waals surface area contributed by atoms with E-state index in [1.807, 2.05) is 6.55 Å². The van der Waals surface area contributed by atoms with Gasteiger partial charge in [0, 0.05) is 0 Å². The maximum Gasteiger partial charge on any atom is 0.250 e. The fourth-order valence-electron chi connectivity index (χ4n) is 1.14. The van der Waals surface area contributed by atoms with Gasteiger partial charge in [-0.25, -0.2) is 9.79 Å². The van der Waals surface area contributed by atoms with Crippen LogP contribution in [0, 0.1) is 0 Å². The number of isocyanates is 1. The SMILES string of the molecule is CCCCC(C[Si](C)(Cl)Cl)N=C=O. The second-order valence-electron chi connectivity index (χ2n) is 3.29. The van der Waals surface area contributed by atoms with Crippen molar-refractivity contribution in [1.29, 1.82) is 0 Å². The van der Waals surface area contributed by atoms with E-state index in [0.717, 1.165) is 19.3 Å². The van der Waals surface area contributed by atoms with Crippen molar-refractivity contribution in [2.45, 2.75) is 44.8 Å². The Morgan fingerprint density at radius 1 is 1.54 bits per heavy atom. The molecule has 0 aromatic carbocycles. The Morgan fingerprint density at radius 3 is 2.54 bits per heavy atom. The molecule has 0 saturated heterocycles. The normalized spacial score (nSPS) is 13.5. The predicted molar refractivity (Wildman–Crippen MR) is 59.6 cm³/mol. The fourth-order valence-corrected chi connectivity index (χ4v) is 3.33. The summed E-state index contributed by atoms with van der Waals surface area (Å²) in [6.45, 7) is 1.80. The van der Waals surface area contributed by atoms with Gasteiger partial charge in [0.05, 0.1) is 6.04 Å². The first-order valence-electron chi connectivity index (χ1n) is 4.44. The lowest BCUT2D eigenvalue weighted by Crippen LogP contribution is -2.20. The molecule has 0 aliphatic heterocycles. The first-order valence-corrected chi connectivity index (χ1v) is 9.17. The number of halogens is 2. The van der Waals surface area contributed by atoms with E-state index < -0.39 is 6.69 Å². The van der Waals surface area contributed by atoms with Crippen molar-refractivity contribution in [1.82, 2.24) is 0 Å². The molecule has 2 nitrogen and oxygen atoms in total. The molecule has 0 spiro atoms. The lowest BCUT2D eigenvalue weighted by molar-refractivity contribution is 0.550. The van der Waals surface area contributed by atoms with Gasteiger partial charge < -0.3 is 0 Å². The van der Waals surface area contributed by atoms with Gasteiger partial charge in [0.25, 0.3) is 6.69 Å². The molecule has 1 atom stereocenters. The summed E-state index contributed by atoms with van der Waals surface area (Å²) < 4.78 is 0. The minimum atomic E-state index is -2.14. The lowest BCUT2D eigenvalue weighted by atomic mass is 10.1. The van der Waals surface area contributed by atoms with E-state index in [0.29, 0.717) is 6.04 Å². The van der Waals surface area contributed by atoms with Crippen LogP contribution in [0.3, 0.4) is 0 Å². The van der Waals surface area contributed by atoms with Crippen LogP contribution in [0.2, 0.25) is 12.6 Å². The van der Waals surface area contributed by atoms with E-state index >= 15 is 0 Å². The molecule has 0 fully saturated rings. The highest BCUT2D eigenvalue weighted by atomic mass is 35.7. The van der Waals surface area contributed by atoms with E-state index in [1.165, 1.54) is 0 Å². The number of unbranched alkanes of at least 4 members (excludes halogenated alkanes) is 1. The Kier molecular flexibility index (Phi) is 6.69. The zero-order valence-electron chi connectivity index (χ0n) is 8.02. The molecule has 13 heavy (non-hydrogen) atoms. The van der Waals surface area contributed by atoms with Crippen LogP contribution in [0.4, 0.5) is 0 Å². The number of hydrogen-bond acceptors (Lipinski definition) is 2. The molecule has 0 aliphatic rings. The van der Waals surface area contributed by atoms with E-state index in [4.69, 9.17) is 22.2 Å². The second-order valence-corrected chi connectivity index (χ2v) is 11.4. The van der Waals surface area contributed by atoms with Crippen LogP contribution in [-0.4, -0.2) is 18.8 Å². The quantitative estimate of drug-likeness (QED) is 0.302. The van der Waals surface area contributed by atoms with Crippen molar-refractivity contribution in [3.63, 3.8) is 0 Å². The molecule has 0 heterocycles. The Bertz CT molecular complexity index is 187. The van der Waals surface area contributed by atoms with Crippen LogP contribution in [0.5, 0.6) is 0 Å². The third-order valence-corrected chi connectivity index (χ3v) is 3.83. The van der Waals surface area contributed by atoms with Crippen LogP contribution in [0.15, 0.2) is 4.99 Å². The van der Waals surface area contributed by atoms with Crippen LogP contribution < -0.4 is 0 Å². The predicted octanol–water partition coefficient (Wildman–Crippen LogP) is 3.43. The summed E-state index contributed by atoms with van der Waals surface area (Å²) in [4.78, 5) is 13.8. The fraction of sp³-hybridized carbons (Fsp3) is 0.875. The van der Waals surface area contributed by atoms with Gasteiger partial charge in [-0.05, 0) is 19.0 Å².